The highest BCUT2D eigenvalue weighted by atomic mass is 79.9. The van der Waals surface area contributed by atoms with Crippen molar-refractivity contribution in [3.8, 4) is 11.5 Å². The number of ether oxygens (including phenoxy) is 2. The van der Waals surface area contributed by atoms with Crippen molar-refractivity contribution < 1.29 is 9.47 Å². The smallest absolute Gasteiger partial charge is 0.183 e. The molecule has 19 heavy (non-hydrogen) atoms. The van der Waals surface area contributed by atoms with Crippen molar-refractivity contribution in [2.24, 2.45) is 5.92 Å². The maximum Gasteiger partial charge on any atom is 0.183 e. The first-order chi connectivity index (χ1) is 9.13. The lowest BCUT2D eigenvalue weighted by Gasteiger charge is -2.34. The highest BCUT2D eigenvalue weighted by Gasteiger charge is 2.27. The van der Waals surface area contributed by atoms with Gasteiger partial charge in [0.25, 0.3) is 0 Å². The van der Waals surface area contributed by atoms with Gasteiger partial charge >= 0.3 is 0 Å². The number of hydrogen-bond acceptors (Lipinski definition) is 4. The molecule has 1 fully saturated rings. The second kappa shape index (κ2) is 6.57. The van der Waals surface area contributed by atoms with Crippen molar-refractivity contribution in [2.75, 3.05) is 27.8 Å². The Labute approximate surface area is 123 Å². The van der Waals surface area contributed by atoms with E-state index in [2.05, 4.69) is 32.9 Å². The van der Waals surface area contributed by atoms with Crippen LogP contribution in [-0.2, 0) is 6.54 Å². The van der Waals surface area contributed by atoms with E-state index in [0.29, 0.717) is 0 Å². The van der Waals surface area contributed by atoms with E-state index in [1.807, 2.05) is 6.07 Å². The number of halogens is 1. The summed E-state index contributed by atoms with van der Waals surface area (Å²) in [5.74, 6) is 2.28. The predicted octanol–water partition coefficient (Wildman–Crippen LogP) is 2.70. The van der Waals surface area contributed by atoms with Crippen molar-refractivity contribution in [3.63, 3.8) is 0 Å². The summed E-state index contributed by atoms with van der Waals surface area (Å²) in [5, 5.41) is 0. The molecular formula is C14H21BrN2O2. The van der Waals surface area contributed by atoms with Gasteiger partial charge in [0.05, 0.1) is 14.2 Å². The van der Waals surface area contributed by atoms with Crippen molar-refractivity contribution in [2.45, 2.75) is 24.2 Å². The minimum Gasteiger partial charge on any atom is -0.493 e. The average Bonchev–Trinajstić information content (AvgIpc) is 2.36. The molecule has 0 bridgehead atoms. The van der Waals surface area contributed by atoms with Gasteiger partial charge in [-0.05, 0) is 25.8 Å². The first-order valence-electron chi connectivity index (χ1n) is 6.52. The molecule has 4 nitrogen and oxygen atoms in total. The maximum absolute atomic E-state index is 5.41. The van der Waals surface area contributed by atoms with E-state index < -0.39 is 0 Å². The van der Waals surface area contributed by atoms with Gasteiger partial charge in [-0.15, -0.1) is 0 Å². The molecule has 106 valence electrons. The highest BCUT2D eigenvalue weighted by molar-refractivity contribution is 9.09. The number of pyridine rings is 1. The van der Waals surface area contributed by atoms with Crippen LogP contribution in [0.3, 0.4) is 0 Å². The summed E-state index contributed by atoms with van der Waals surface area (Å²) >= 11 is 3.63. The predicted molar refractivity (Wildman–Crippen MR) is 79.1 cm³/mol. The summed E-state index contributed by atoms with van der Waals surface area (Å²) < 4.78 is 10.7. The molecule has 0 atom stereocenters. The van der Waals surface area contributed by atoms with Gasteiger partial charge in [-0.1, -0.05) is 15.9 Å². The number of hydrogen-bond donors (Lipinski definition) is 0. The molecule has 1 aromatic rings. The SMILES string of the molecule is COc1ccnc(CN(C)CC2CC(Br)C2)c1OC. The number of nitrogens with zero attached hydrogens (tertiary/aromatic N) is 2. The van der Waals surface area contributed by atoms with Crippen LogP contribution in [0.25, 0.3) is 0 Å². The van der Waals surface area contributed by atoms with Crippen molar-refractivity contribution >= 4 is 15.9 Å². The van der Waals surface area contributed by atoms with Crippen LogP contribution in [-0.4, -0.2) is 42.5 Å². The summed E-state index contributed by atoms with van der Waals surface area (Å²) in [7, 11) is 5.43. The molecule has 1 saturated carbocycles. The van der Waals surface area contributed by atoms with Crippen LogP contribution in [0.5, 0.6) is 11.5 Å². The molecule has 1 heterocycles. The number of methoxy groups -OCH3 is 2. The minimum absolute atomic E-state index is 0.718. The number of alkyl halides is 1. The van der Waals surface area contributed by atoms with Crippen LogP contribution in [0.4, 0.5) is 0 Å². The molecular weight excluding hydrogens is 308 g/mol. The summed E-state index contributed by atoms with van der Waals surface area (Å²) in [5.41, 5.74) is 0.930. The summed E-state index contributed by atoms with van der Waals surface area (Å²) in [6, 6.07) is 1.82. The Hall–Kier alpha value is -0.810. The molecule has 2 rings (SSSR count). The van der Waals surface area contributed by atoms with Gasteiger partial charge in [0.15, 0.2) is 11.5 Å². The fraction of sp³-hybridized carbons (Fsp3) is 0.643. The molecule has 0 spiro atoms. The fourth-order valence-corrected chi connectivity index (χ4v) is 3.58. The number of rotatable bonds is 6. The minimum atomic E-state index is 0.718. The highest BCUT2D eigenvalue weighted by Crippen LogP contribution is 2.34. The molecule has 0 N–H and O–H groups in total. The lowest BCUT2D eigenvalue weighted by Crippen LogP contribution is -2.34. The van der Waals surface area contributed by atoms with E-state index in [9.17, 15) is 0 Å². The fourth-order valence-electron chi connectivity index (χ4n) is 2.53. The van der Waals surface area contributed by atoms with E-state index in [0.717, 1.165) is 41.0 Å². The van der Waals surface area contributed by atoms with Gasteiger partial charge in [0.1, 0.15) is 5.69 Å². The summed E-state index contributed by atoms with van der Waals surface area (Å²) in [6.07, 6.45) is 4.31. The maximum atomic E-state index is 5.41. The van der Waals surface area contributed by atoms with E-state index in [1.165, 1.54) is 12.8 Å². The monoisotopic (exact) mass is 328 g/mol. The summed E-state index contributed by atoms with van der Waals surface area (Å²) in [6.45, 7) is 1.88. The third kappa shape index (κ3) is 3.60. The van der Waals surface area contributed by atoms with Gasteiger partial charge in [-0.2, -0.15) is 0 Å². The first-order valence-corrected chi connectivity index (χ1v) is 7.44. The number of aromatic nitrogens is 1. The third-order valence-electron chi connectivity index (χ3n) is 3.53. The largest absolute Gasteiger partial charge is 0.493 e. The zero-order chi connectivity index (χ0) is 13.8. The molecule has 1 aliphatic rings. The molecule has 0 aliphatic heterocycles. The van der Waals surface area contributed by atoms with Crippen LogP contribution >= 0.6 is 15.9 Å². The van der Waals surface area contributed by atoms with E-state index in [1.54, 1.807) is 20.4 Å². The van der Waals surface area contributed by atoms with Crippen LogP contribution in [0.2, 0.25) is 0 Å². The Kier molecular flexibility index (Phi) is 5.05. The van der Waals surface area contributed by atoms with Gasteiger partial charge < -0.3 is 14.4 Å². The Balaban J connectivity index is 1.97. The Morgan fingerprint density at radius 2 is 2.11 bits per heavy atom. The molecule has 0 unspecified atom stereocenters. The van der Waals surface area contributed by atoms with Crippen LogP contribution in [0, 0.1) is 5.92 Å². The second-order valence-electron chi connectivity index (χ2n) is 5.12. The topological polar surface area (TPSA) is 34.6 Å². The van der Waals surface area contributed by atoms with E-state index >= 15 is 0 Å². The van der Waals surface area contributed by atoms with Crippen molar-refractivity contribution in [3.05, 3.63) is 18.0 Å². The molecule has 0 aromatic carbocycles. The standard InChI is InChI=1S/C14H21BrN2O2/c1-17(8-10-6-11(15)7-10)9-12-14(19-3)13(18-2)4-5-16-12/h4-5,10-11H,6-9H2,1-3H3. The zero-order valence-corrected chi connectivity index (χ0v) is 13.3. The van der Waals surface area contributed by atoms with Crippen LogP contribution in [0.15, 0.2) is 12.3 Å². The third-order valence-corrected chi connectivity index (χ3v) is 4.28. The van der Waals surface area contributed by atoms with Gasteiger partial charge in [-0.25, -0.2) is 0 Å². The zero-order valence-electron chi connectivity index (χ0n) is 11.7. The molecule has 0 saturated heterocycles. The van der Waals surface area contributed by atoms with E-state index in [4.69, 9.17) is 9.47 Å². The average molecular weight is 329 g/mol. The Morgan fingerprint density at radius 1 is 1.37 bits per heavy atom. The van der Waals surface area contributed by atoms with Crippen LogP contribution < -0.4 is 9.47 Å². The Morgan fingerprint density at radius 3 is 2.68 bits per heavy atom. The van der Waals surface area contributed by atoms with Crippen LogP contribution in [0.1, 0.15) is 18.5 Å². The quantitative estimate of drug-likeness (QED) is 0.752. The lowest BCUT2D eigenvalue weighted by molar-refractivity contribution is 0.204. The molecule has 1 aliphatic carbocycles. The second-order valence-corrected chi connectivity index (χ2v) is 6.42. The van der Waals surface area contributed by atoms with Gasteiger partial charge in [-0.3, -0.25) is 4.98 Å². The Bertz CT molecular complexity index is 422. The van der Waals surface area contributed by atoms with E-state index in [-0.39, 0.29) is 0 Å². The van der Waals surface area contributed by atoms with Crippen molar-refractivity contribution in [1.82, 2.24) is 9.88 Å². The molecule has 0 amide bonds. The van der Waals surface area contributed by atoms with Crippen molar-refractivity contribution in [1.29, 1.82) is 0 Å². The normalized spacial score (nSPS) is 22.2. The molecule has 5 heteroatoms. The first kappa shape index (κ1) is 14.6. The van der Waals surface area contributed by atoms with Gasteiger partial charge in [0, 0.05) is 30.2 Å². The molecule has 0 radical (unpaired) electrons. The lowest BCUT2D eigenvalue weighted by atomic mass is 9.85. The summed E-state index contributed by atoms with van der Waals surface area (Å²) in [4.78, 5) is 7.43. The molecule has 1 aromatic heterocycles. The van der Waals surface area contributed by atoms with Gasteiger partial charge in [0.2, 0.25) is 0 Å².